The molecule has 1 amide bonds. The van der Waals surface area contributed by atoms with Crippen LogP contribution in [0.3, 0.4) is 0 Å². The largest absolute Gasteiger partial charge is 0.427 e. The highest BCUT2D eigenvalue weighted by Gasteiger charge is 2.39. The van der Waals surface area contributed by atoms with Gasteiger partial charge in [0.15, 0.2) is 4.34 Å². The molecule has 26 heavy (non-hydrogen) atoms. The first-order chi connectivity index (χ1) is 12.4. The lowest BCUT2D eigenvalue weighted by molar-refractivity contribution is -0.134. The third kappa shape index (κ3) is 3.74. The predicted molar refractivity (Wildman–Crippen MR) is 93.5 cm³/mol. The van der Waals surface area contributed by atoms with Gasteiger partial charge in [0.1, 0.15) is 4.88 Å². The highest BCUT2D eigenvalue weighted by atomic mass is 32.2. The van der Waals surface area contributed by atoms with Crippen molar-refractivity contribution in [2.24, 2.45) is 0 Å². The van der Waals surface area contributed by atoms with Gasteiger partial charge < -0.3 is 10.6 Å². The van der Waals surface area contributed by atoms with Crippen molar-refractivity contribution in [3.05, 3.63) is 40.9 Å². The van der Waals surface area contributed by atoms with Crippen LogP contribution in [0, 0.1) is 0 Å². The molecule has 9 heteroatoms. The van der Waals surface area contributed by atoms with Gasteiger partial charge in [-0.3, -0.25) is 4.79 Å². The fraction of sp³-hybridized carbons (Fsp3) is 0.412. The number of alkyl halides is 3. The Balaban J connectivity index is 1.37. The molecule has 2 saturated heterocycles. The van der Waals surface area contributed by atoms with E-state index in [2.05, 4.69) is 15.6 Å². The van der Waals surface area contributed by atoms with Crippen LogP contribution >= 0.6 is 23.1 Å². The van der Waals surface area contributed by atoms with Crippen LogP contribution in [-0.2, 0) is 6.18 Å². The Morgan fingerprint density at radius 3 is 2.62 bits per heavy atom. The summed E-state index contributed by atoms with van der Waals surface area (Å²) in [6.45, 7) is 0. The first-order valence-corrected chi connectivity index (χ1v) is 9.89. The van der Waals surface area contributed by atoms with Gasteiger partial charge in [-0.1, -0.05) is 11.8 Å². The number of amides is 1. The Labute approximate surface area is 156 Å². The molecule has 2 bridgehead atoms. The minimum absolute atomic E-state index is 0.116. The molecule has 4 nitrogen and oxygen atoms in total. The molecule has 3 unspecified atom stereocenters. The maximum absolute atomic E-state index is 12.6. The second-order valence-electron chi connectivity index (χ2n) is 6.48. The number of nitrogens with one attached hydrogen (secondary N) is 2. The topological polar surface area (TPSA) is 54.0 Å². The lowest BCUT2D eigenvalue weighted by Gasteiger charge is -2.21. The smallest absolute Gasteiger partial charge is 0.348 e. The van der Waals surface area contributed by atoms with E-state index in [1.807, 2.05) is 0 Å². The fourth-order valence-corrected chi connectivity index (χ4v) is 5.27. The van der Waals surface area contributed by atoms with E-state index in [1.165, 1.54) is 6.42 Å². The normalized spacial score (nSPS) is 24.8. The number of carbonyl (C=O) groups excluding carboxylic acids is 1. The quantitative estimate of drug-likeness (QED) is 0.818. The van der Waals surface area contributed by atoms with E-state index in [0.29, 0.717) is 33.3 Å². The molecule has 2 aliphatic heterocycles. The maximum Gasteiger partial charge on any atom is 0.427 e. The number of thiazole rings is 1. The van der Waals surface area contributed by atoms with Crippen molar-refractivity contribution in [2.75, 3.05) is 0 Å². The van der Waals surface area contributed by atoms with Gasteiger partial charge in [0, 0.05) is 28.6 Å². The number of hydrogen-bond acceptors (Lipinski definition) is 5. The number of rotatable bonds is 4. The molecule has 2 aromatic rings. The molecule has 3 atom stereocenters. The second-order valence-corrected chi connectivity index (χ2v) is 8.83. The molecule has 3 heterocycles. The summed E-state index contributed by atoms with van der Waals surface area (Å²) in [6.07, 6.45) is -0.282. The van der Waals surface area contributed by atoms with Gasteiger partial charge in [0.2, 0.25) is 0 Å². The van der Waals surface area contributed by atoms with E-state index in [-0.39, 0.29) is 11.9 Å². The summed E-state index contributed by atoms with van der Waals surface area (Å²) in [5.74, 6) is -0.116. The molecular weight excluding hydrogens is 383 g/mol. The van der Waals surface area contributed by atoms with Crippen molar-refractivity contribution in [2.45, 2.75) is 52.8 Å². The molecule has 1 aromatic carbocycles. The minimum Gasteiger partial charge on any atom is -0.348 e. The van der Waals surface area contributed by atoms with E-state index in [1.54, 1.807) is 24.3 Å². The molecule has 0 saturated carbocycles. The van der Waals surface area contributed by atoms with E-state index >= 15 is 0 Å². The molecule has 2 fully saturated rings. The maximum atomic E-state index is 12.6. The minimum atomic E-state index is -4.37. The zero-order valence-electron chi connectivity index (χ0n) is 13.5. The average molecular weight is 399 g/mol. The summed E-state index contributed by atoms with van der Waals surface area (Å²) in [7, 11) is 0. The number of benzene rings is 1. The fourth-order valence-electron chi connectivity index (χ4n) is 3.45. The van der Waals surface area contributed by atoms with Gasteiger partial charge in [-0.2, -0.15) is 13.2 Å². The highest BCUT2D eigenvalue weighted by molar-refractivity contribution is 8.01. The number of fused-ring (bicyclic) bond motifs is 2. The molecule has 0 spiro atoms. The van der Waals surface area contributed by atoms with Crippen LogP contribution in [0.1, 0.15) is 34.5 Å². The Kier molecular flexibility index (Phi) is 4.70. The van der Waals surface area contributed by atoms with Crippen LogP contribution in [0.5, 0.6) is 0 Å². The Morgan fingerprint density at radius 2 is 2.04 bits per heavy atom. The van der Waals surface area contributed by atoms with Gasteiger partial charge >= 0.3 is 6.18 Å². The van der Waals surface area contributed by atoms with Crippen molar-refractivity contribution in [1.29, 1.82) is 0 Å². The van der Waals surface area contributed by atoms with E-state index in [4.69, 9.17) is 0 Å². The van der Waals surface area contributed by atoms with E-state index in [9.17, 15) is 18.0 Å². The van der Waals surface area contributed by atoms with Gasteiger partial charge in [0.05, 0.1) is 6.20 Å². The number of hydrogen-bond donors (Lipinski definition) is 2. The summed E-state index contributed by atoms with van der Waals surface area (Å²) in [5.41, 5.74) is 0.548. The summed E-state index contributed by atoms with van der Waals surface area (Å²) in [6, 6.07) is 7.90. The third-order valence-electron chi connectivity index (χ3n) is 4.70. The number of nitrogens with zero attached hydrogens (tertiary/aromatic N) is 1. The predicted octanol–water partition coefficient (Wildman–Crippen LogP) is 3.94. The van der Waals surface area contributed by atoms with Crippen molar-refractivity contribution >= 4 is 29.0 Å². The van der Waals surface area contributed by atoms with Crippen molar-refractivity contribution in [1.82, 2.24) is 15.6 Å². The molecule has 1 aromatic heterocycles. The molecule has 0 aliphatic carbocycles. The van der Waals surface area contributed by atoms with Crippen LogP contribution in [0.25, 0.3) is 0 Å². The monoisotopic (exact) mass is 399 g/mol. The number of halogens is 3. The average Bonchev–Trinajstić information content (AvgIpc) is 3.31. The van der Waals surface area contributed by atoms with Gasteiger partial charge in [-0.15, -0.1) is 11.3 Å². The van der Waals surface area contributed by atoms with Crippen LogP contribution in [0.4, 0.5) is 13.2 Å². The molecule has 2 N–H and O–H groups in total. The van der Waals surface area contributed by atoms with Gasteiger partial charge in [0.25, 0.3) is 5.91 Å². The Morgan fingerprint density at radius 1 is 1.27 bits per heavy atom. The van der Waals surface area contributed by atoms with Gasteiger partial charge in [-0.05, 0) is 43.5 Å². The van der Waals surface area contributed by atoms with Crippen LogP contribution in [0.2, 0.25) is 0 Å². The van der Waals surface area contributed by atoms with Crippen LogP contribution in [0.15, 0.2) is 39.7 Å². The molecule has 0 radical (unpaired) electrons. The molecular formula is C17H16F3N3OS2. The summed E-state index contributed by atoms with van der Waals surface area (Å²) < 4.78 is 38.2. The zero-order valence-corrected chi connectivity index (χ0v) is 15.2. The summed E-state index contributed by atoms with van der Waals surface area (Å²) in [4.78, 5) is 16.2. The number of aromatic nitrogens is 1. The first kappa shape index (κ1) is 17.8. The lowest BCUT2D eigenvalue weighted by Crippen LogP contribution is -2.42. The summed E-state index contributed by atoms with van der Waals surface area (Å²) >= 11 is 1.77. The standard InChI is InChI=1S/C17H16F3N3OS2/c18-17(19,20)14-8-21-16(26-14)25-11-4-1-9(2-5-11)15(24)23-13-7-10-3-6-12(13)22-10/h1-2,4-5,8,10,12-13,22H,3,6-7H2,(H,23,24). The van der Waals surface area contributed by atoms with E-state index in [0.717, 1.165) is 35.7 Å². The van der Waals surface area contributed by atoms with Crippen molar-refractivity contribution in [3.63, 3.8) is 0 Å². The Bertz CT molecular complexity index is 806. The molecule has 2 aliphatic rings. The molecule has 4 rings (SSSR count). The van der Waals surface area contributed by atoms with Crippen molar-refractivity contribution in [3.8, 4) is 0 Å². The second kappa shape index (κ2) is 6.86. The summed E-state index contributed by atoms with van der Waals surface area (Å²) in [5, 5.41) is 6.55. The third-order valence-corrected chi connectivity index (χ3v) is 6.83. The first-order valence-electron chi connectivity index (χ1n) is 8.26. The van der Waals surface area contributed by atoms with E-state index < -0.39 is 11.1 Å². The van der Waals surface area contributed by atoms with Crippen molar-refractivity contribution < 1.29 is 18.0 Å². The molecule has 138 valence electrons. The van der Waals surface area contributed by atoms with Crippen LogP contribution < -0.4 is 10.6 Å². The lowest BCUT2D eigenvalue weighted by atomic mass is 9.95. The van der Waals surface area contributed by atoms with Gasteiger partial charge in [-0.25, -0.2) is 4.98 Å². The van der Waals surface area contributed by atoms with Crippen LogP contribution in [-0.4, -0.2) is 29.0 Å². The highest BCUT2D eigenvalue weighted by Crippen LogP contribution is 2.38. The SMILES string of the molecule is O=C(NC1CC2CCC1N2)c1ccc(Sc2ncc(C(F)(F)F)s2)cc1. The number of carbonyl (C=O) groups is 1. The Hall–Kier alpha value is -1.58. The zero-order chi connectivity index (χ0) is 18.3.